The van der Waals surface area contributed by atoms with Crippen molar-refractivity contribution in [3.05, 3.63) is 46.5 Å². The van der Waals surface area contributed by atoms with Crippen LogP contribution in [0.4, 0.5) is 10.3 Å². The lowest BCUT2D eigenvalue weighted by molar-refractivity contribution is 0.0984. The van der Waals surface area contributed by atoms with E-state index in [0.717, 1.165) is 24.9 Å². The van der Waals surface area contributed by atoms with Gasteiger partial charge in [0.15, 0.2) is 5.82 Å². The number of benzene rings is 1. The molecule has 1 saturated heterocycles. The van der Waals surface area contributed by atoms with Crippen LogP contribution >= 0.6 is 21.0 Å². The van der Waals surface area contributed by atoms with Crippen LogP contribution < -0.4 is 15.9 Å². The molecule has 2 aromatic heterocycles. The number of hydrogen-bond acceptors (Lipinski definition) is 9. The van der Waals surface area contributed by atoms with Crippen LogP contribution in [0.3, 0.4) is 0 Å². The van der Waals surface area contributed by atoms with Crippen molar-refractivity contribution in [3.8, 4) is 17.3 Å². The highest BCUT2D eigenvalue weighted by atomic mass is 32.2. The van der Waals surface area contributed by atoms with Crippen molar-refractivity contribution in [2.75, 3.05) is 25.5 Å². The first-order valence-electron chi connectivity index (χ1n) is 12.1. The van der Waals surface area contributed by atoms with Crippen molar-refractivity contribution < 1.29 is 9.13 Å². The zero-order valence-electron chi connectivity index (χ0n) is 20.7. The van der Waals surface area contributed by atoms with Gasteiger partial charge in [-0.05, 0) is 44.0 Å². The van der Waals surface area contributed by atoms with Crippen molar-refractivity contribution >= 4 is 43.2 Å². The maximum Gasteiger partial charge on any atom is 0.226 e. The molecule has 1 aliphatic carbocycles. The molecule has 4 heterocycles. The monoisotopic (exact) mass is 535 g/mol. The lowest BCUT2D eigenvalue weighted by Gasteiger charge is -2.46. The van der Waals surface area contributed by atoms with Gasteiger partial charge in [0, 0.05) is 52.2 Å². The molecule has 0 radical (unpaired) electrons. The van der Waals surface area contributed by atoms with E-state index in [1.807, 2.05) is 0 Å². The highest BCUT2D eigenvalue weighted by molar-refractivity contribution is 8.03. The second kappa shape index (κ2) is 9.17. The smallest absolute Gasteiger partial charge is 0.226 e. The molecule has 0 amide bonds. The first kappa shape index (κ1) is 24.5. The van der Waals surface area contributed by atoms with Crippen LogP contribution in [0.5, 0.6) is 0 Å². The first-order chi connectivity index (χ1) is 17.8. The minimum atomic E-state index is -0.513. The lowest BCUT2D eigenvalue weighted by atomic mass is 9.74. The summed E-state index contributed by atoms with van der Waals surface area (Å²) in [7, 11) is 6.80. The van der Waals surface area contributed by atoms with Gasteiger partial charge in [0.1, 0.15) is 11.6 Å². The summed E-state index contributed by atoms with van der Waals surface area (Å²) in [6.45, 7) is 5.15. The van der Waals surface area contributed by atoms with E-state index in [2.05, 4.69) is 55.8 Å². The quantitative estimate of drug-likeness (QED) is 0.389. The fourth-order valence-corrected chi connectivity index (χ4v) is 7.10. The van der Waals surface area contributed by atoms with Gasteiger partial charge < -0.3 is 20.3 Å². The molecule has 2 fully saturated rings. The Kier molecular flexibility index (Phi) is 6.08. The van der Waals surface area contributed by atoms with Gasteiger partial charge in [0.05, 0.1) is 29.5 Å². The molecule has 4 unspecified atom stereocenters. The SMILES string of the molecule is C=C(N)Sc1c(P)cnc(-c2c3c(c4cnc(N5CCC6C(N(C)C)CC65)nc4c2F)COC3)c1C#N. The van der Waals surface area contributed by atoms with Crippen molar-refractivity contribution in [2.45, 2.75) is 43.0 Å². The molecule has 6 rings (SSSR count). The van der Waals surface area contributed by atoms with Crippen LogP contribution in [0.1, 0.15) is 29.5 Å². The zero-order chi connectivity index (χ0) is 26.0. The summed E-state index contributed by atoms with van der Waals surface area (Å²) < 4.78 is 22.2. The average Bonchev–Trinajstić information content (AvgIpc) is 3.45. The molecule has 1 aromatic carbocycles. The van der Waals surface area contributed by atoms with Gasteiger partial charge in [-0.3, -0.25) is 4.98 Å². The minimum absolute atomic E-state index is 0.225. The molecule has 3 aromatic rings. The highest BCUT2D eigenvalue weighted by Gasteiger charge is 2.50. The number of fused-ring (bicyclic) bond motifs is 4. The number of thioether (sulfide) groups is 1. The first-order valence-corrected chi connectivity index (χ1v) is 13.5. The van der Waals surface area contributed by atoms with E-state index >= 15 is 4.39 Å². The molecule has 37 heavy (non-hydrogen) atoms. The summed E-state index contributed by atoms with van der Waals surface area (Å²) in [5, 5.41) is 11.7. The Hall–Kier alpha value is -2.83. The number of halogens is 1. The molecule has 0 bridgehead atoms. The van der Waals surface area contributed by atoms with Crippen LogP contribution in [0.2, 0.25) is 0 Å². The summed E-state index contributed by atoms with van der Waals surface area (Å²) in [6.07, 6.45) is 5.45. The van der Waals surface area contributed by atoms with E-state index in [4.69, 9.17) is 15.5 Å². The Labute approximate surface area is 221 Å². The third kappa shape index (κ3) is 3.79. The molecular formula is C26H27FN7OPS. The van der Waals surface area contributed by atoms with Crippen LogP contribution in [0.15, 0.2) is 28.9 Å². The highest BCUT2D eigenvalue weighted by Crippen LogP contribution is 2.45. The average molecular weight is 536 g/mol. The Balaban J connectivity index is 1.51. The van der Waals surface area contributed by atoms with E-state index in [0.29, 0.717) is 56.7 Å². The van der Waals surface area contributed by atoms with E-state index in [1.165, 1.54) is 11.8 Å². The number of anilines is 1. The molecule has 4 atom stereocenters. The van der Waals surface area contributed by atoms with Crippen LogP contribution in [-0.4, -0.2) is 52.6 Å². The van der Waals surface area contributed by atoms with E-state index in [1.54, 1.807) is 12.4 Å². The maximum absolute atomic E-state index is 16.5. The van der Waals surface area contributed by atoms with E-state index < -0.39 is 5.82 Å². The predicted octanol–water partition coefficient (Wildman–Crippen LogP) is 3.28. The van der Waals surface area contributed by atoms with Gasteiger partial charge >= 0.3 is 0 Å². The molecule has 3 aliphatic rings. The molecule has 1 saturated carbocycles. The molecule has 2 aliphatic heterocycles. The lowest BCUT2D eigenvalue weighted by Crippen LogP contribution is -2.55. The summed E-state index contributed by atoms with van der Waals surface area (Å²) in [5.74, 6) is 0.607. The molecule has 11 heteroatoms. The van der Waals surface area contributed by atoms with Gasteiger partial charge in [0.2, 0.25) is 5.95 Å². The third-order valence-corrected chi connectivity index (χ3v) is 9.38. The molecule has 0 spiro atoms. The number of nitrogens with two attached hydrogens (primary N) is 1. The summed E-state index contributed by atoms with van der Waals surface area (Å²) in [4.78, 5) is 19.0. The topological polar surface area (TPSA) is 104 Å². The fraction of sp³-hybridized carbons (Fsp3) is 0.385. The fourth-order valence-electron chi connectivity index (χ4n) is 6.03. The standard InChI is InChI=1S/C26H27FN7OPS/c1-12(29)37-25-14(7-28)23(30-9-20(25)36)21-17-11-35-10-16(17)15-8-31-26(32-24(15)22(21)27)34-5-4-13-18(33(2)3)6-19(13)34/h8-9,13,18-19H,1,4-6,10-11,29,36H2,2-3H3. The van der Waals surface area contributed by atoms with Gasteiger partial charge in [-0.2, -0.15) is 5.26 Å². The van der Waals surface area contributed by atoms with E-state index in [-0.39, 0.29) is 28.9 Å². The Morgan fingerprint density at radius 1 is 1.32 bits per heavy atom. The van der Waals surface area contributed by atoms with Gasteiger partial charge in [-0.15, -0.1) is 9.24 Å². The Bertz CT molecular complexity index is 1510. The normalized spacial score (nSPS) is 22.2. The largest absolute Gasteiger partial charge is 0.394 e. The maximum atomic E-state index is 16.5. The minimum Gasteiger partial charge on any atom is -0.394 e. The molecule has 2 N–H and O–H groups in total. The van der Waals surface area contributed by atoms with Crippen molar-refractivity contribution in [3.63, 3.8) is 0 Å². The Morgan fingerprint density at radius 3 is 2.84 bits per heavy atom. The van der Waals surface area contributed by atoms with E-state index in [9.17, 15) is 5.26 Å². The second-order valence-corrected chi connectivity index (χ2v) is 11.8. The van der Waals surface area contributed by atoms with Crippen LogP contribution in [-0.2, 0) is 18.0 Å². The number of aromatic nitrogens is 3. The van der Waals surface area contributed by atoms with Gasteiger partial charge in [-0.25, -0.2) is 14.4 Å². The number of hydrogen-bond donors (Lipinski definition) is 1. The zero-order valence-corrected chi connectivity index (χ0v) is 22.6. The van der Waals surface area contributed by atoms with Crippen LogP contribution in [0.25, 0.3) is 22.2 Å². The number of nitriles is 1. The predicted molar refractivity (Wildman–Crippen MR) is 146 cm³/mol. The summed E-state index contributed by atoms with van der Waals surface area (Å²) in [5.41, 5.74) is 8.35. The number of ether oxygens (including phenoxy) is 1. The van der Waals surface area contributed by atoms with Gasteiger partial charge in [-0.1, -0.05) is 18.3 Å². The number of rotatable bonds is 5. The third-order valence-electron chi connectivity index (χ3n) is 7.82. The van der Waals surface area contributed by atoms with Crippen molar-refractivity contribution in [2.24, 2.45) is 11.7 Å². The molecular weight excluding hydrogens is 508 g/mol. The van der Waals surface area contributed by atoms with Crippen molar-refractivity contribution in [1.82, 2.24) is 19.9 Å². The molecule has 8 nitrogen and oxygen atoms in total. The Morgan fingerprint density at radius 2 is 2.11 bits per heavy atom. The van der Waals surface area contributed by atoms with Crippen LogP contribution in [0, 0.1) is 23.1 Å². The van der Waals surface area contributed by atoms with Crippen molar-refractivity contribution in [1.29, 1.82) is 5.26 Å². The van der Waals surface area contributed by atoms with Gasteiger partial charge in [0.25, 0.3) is 0 Å². The number of pyridine rings is 1. The summed E-state index contributed by atoms with van der Waals surface area (Å²) in [6, 6.07) is 3.15. The molecule has 190 valence electrons. The second-order valence-electron chi connectivity index (χ2n) is 10.00. The summed E-state index contributed by atoms with van der Waals surface area (Å²) >= 11 is 1.17. The number of nitrogens with zero attached hydrogens (tertiary/aromatic N) is 6.